The molecule has 2 aromatic heterocycles. The quantitative estimate of drug-likeness (QED) is 0.769. The highest BCUT2D eigenvalue weighted by atomic mass is 16.1. The Balaban J connectivity index is 1.48. The number of piperidine rings is 1. The van der Waals surface area contributed by atoms with Crippen molar-refractivity contribution < 1.29 is 4.79 Å². The number of carbonyl (C=O) groups excluding carboxylic acids is 1. The molecule has 6 heteroatoms. The van der Waals surface area contributed by atoms with E-state index < -0.39 is 0 Å². The molecule has 25 heavy (non-hydrogen) atoms. The van der Waals surface area contributed by atoms with Crippen LogP contribution in [0, 0.1) is 0 Å². The highest BCUT2D eigenvalue weighted by Gasteiger charge is 2.23. The summed E-state index contributed by atoms with van der Waals surface area (Å²) in [4.78, 5) is 17.5. The SMILES string of the molecule is CNC(=O)c1ccn(C2CCCN(Cc3cccc4[nH]ccc34)C2)n1. The monoisotopic (exact) mass is 337 g/mol. The van der Waals surface area contributed by atoms with E-state index in [1.165, 1.54) is 16.5 Å². The Morgan fingerprint density at radius 3 is 3.16 bits per heavy atom. The first kappa shape index (κ1) is 15.9. The number of nitrogens with one attached hydrogen (secondary N) is 2. The summed E-state index contributed by atoms with van der Waals surface area (Å²) >= 11 is 0. The lowest BCUT2D eigenvalue weighted by Crippen LogP contribution is -2.36. The molecule has 1 amide bonds. The van der Waals surface area contributed by atoms with Gasteiger partial charge in [-0.05, 0) is 43.1 Å². The average molecular weight is 337 g/mol. The Labute approximate surface area is 146 Å². The predicted octanol–water partition coefficient (Wildman–Crippen LogP) is 2.56. The van der Waals surface area contributed by atoms with Crippen LogP contribution in [0.25, 0.3) is 10.9 Å². The Morgan fingerprint density at radius 1 is 1.36 bits per heavy atom. The summed E-state index contributed by atoms with van der Waals surface area (Å²) in [5.74, 6) is -0.134. The van der Waals surface area contributed by atoms with E-state index in [9.17, 15) is 4.79 Å². The van der Waals surface area contributed by atoms with E-state index in [4.69, 9.17) is 0 Å². The van der Waals surface area contributed by atoms with Gasteiger partial charge in [-0.3, -0.25) is 14.4 Å². The number of benzene rings is 1. The number of hydrogen-bond donors (Lipinski definition) is 2. The first-order valence-corrected chi connectivity index (χ1v) is 8.79. The topological polar surface area (TPSA) is 66.0 Å². The maximum Gasteiger partial charge on any atom is 0.271 e. The molecule has 2 N–H and O–H groups in total. The summed E-state index contributed by atoms with van der Waals surface area (Å²) < 4.78 is 1.95. The van der Waals surface area contributed by atoms with E-state index in [0.717, 1.165) is 32.5 Å². The summed E-state index contributed by atoms with van der Waals surface area (Å²) in [5, 5.41) is 8.38. The Morgan fingerprint density at radius 2 is 2.28 bits per heavy atom. The Hall–Kier alpha value is -2.60. The number of aromatic amines is 1. The van der Waals surface area contributed by atoms with Gasteiger partial charge in [-0.1, -0.05) is 12.1 Å². The number of aromatic nitrogens is 3. The fraction of sp³-hybridized carbons (Fsp3) is 0.368. The molecule has 130 valence electrons. The molecule has 0 spiro atoms. The highest BCUT2D eigenvalue weighted by molar-refractivity contribution is 5.91. The van der Waals surface area contributed by atoms with Gasteiger partial charge in [-0.15, -0.1) is 0 Å². The van der Waals surface area contributed by atoms with Crippen molar-refractivity contribution in [1.29, 1.82) is 0 Å². The molecule has 0 radical (unpaired) electrons. The zero-order chi connectivity index (χ0) is 17.2. The second-order valence-electron chi connectivity index (χ2n) is 6.65. The van der Waals surface area contributed by atoms with Crippen molar-refractivity contribution in [2.75, 3.05) is 20.1 Å². The van der Waals surface area contributed by atoms with Crippen molar-refractivity contribution in [2.45, 2.75) is 25.4 Å². The second-order valence-corrected chi connectivity index (χ2v) is 6.65. The standard InChI is InChI=1S/C19H23N5O/c1-20-19(25)18-8-11-24(22-18)15-5-3-10-23(13-15)12-14-4-2-6-17-16(14)7-9-21-17/h2,4,6-9,11,15,21H,3,5,10,12-13H2,1H3,(H,20,25). The van der Waals surface area contributed by atoms with Crippen LogP contribution in [-0.2, 0) is 6.54 Å². The third-order valence-electron chi connectivity index (χ3n) is 5.00. The van der Waals surface area contributed by atoms with Gasteiger partial charge in [0.15, 0.2) is 0 Å². The fourth-order valence-corrected chi connectivity index (χ4v) is 3.71. The van der Waals surface area contributed by atoms with Gasteiger partial charge < -0.3 is 10.3 Å². The molecule has 4 rings (SSSR count). The van der Waals surface area contributed by atoms with Gasteiger partial charge in [0.2, 0.25) is 0 Å². The van der Waals surface area contributed by atoms with Crippen LogP contribution in [0.2, 0.25) is 0 Å². The van der Waals surface area contributed by atoms with E-state index in [2.05, 4.69) is 44.6 Å². The largest absolute Gasteiger partial charge is 0.361 e. The van der Waals surface area contributed by atoms with E-state index in [1.807, 2.05) is 17.1 Å². The lowest BCUT2D eigenvalue weighted by atomic mass is 10.0. The van der Waals surface area contributed by atoms with Crippen LogP contribution in [0.5, 0.6) is 0 Å². The maximum absolute atomic E-state index is 11.7. The van der Waals surface area contributed by atoms with E-state index in [1.54, 1.807) is 13.1 Å². The molecule has 0 aliphatic carbocycles. The zero-order valence-electron chi connectivity index (χ0n) is 14.4. The number of fused-ring (bicyclic) bond motifs is 1. The van der Waals surface area contributed by atoms with Crippen LogP contribution < -0.4 is 5.32 Å². The predicted molar refractivity (Wildman–Crippen MR) is 97.5 cm³/mol. The van der Waals surface area contributed by atoms with Crippen molar-refractivity contribution >= 4 is 16.8 Å². The van der Waals surface area contributed by atoms with Gasteiger partial charge in [-0.25, -0.2) is 0 Å². The first-order chi connectivity index (χ1) is 12.2. The number of carbonyl (C=O) groups is 1. The summed E-state index contributed by atoms with van der Waals surface area (Å²) in [7, 11) is 1.63. The molecule has 1 aliphatic heterocycles. The smallest absolute Gasteiger partial charge is 0.271 e. The molecular weight excluding hydrogens is 314 g/mol. The van der Waals surface area contributed by atoms with Crippen molar-refractivity contribution in [1.82, 2.24) is 25.0 Å². The van der Waals surface area contributed by atoms with Crippen LogP contribution in [0.3, 0.4) is 0 Å². The molecule has 1 saturated heterocycles. The fourth-order valence-electron chi connectivity index (χ4n) is 3.71. The molecule has 1 unspecified atom stereocenters. The van der Waals surface area contributed by atoms with Gasteiger partial charge in [0.1, 0.15) is 5.69 Å². The van der Waals surface area contributed by atoms with Gasteiger partial charge >= 0.3 is 0 Å². The number of hydrogen-bond acceptors (Lipinski definition) is 3. The minimum Gasteiger partial charge on any atom is -0.361 e. The van der Waals surface area contributed by atoms with Crippen LogP contribution >= 0.6 is 0 Å². The minimum absolute atomic E-state index is 0.134. The van der Waals surface area contributed by atoms with Crippen molar-refractivity contribution in [3.05, 3.63) is 54.0 Å². The third-order valence-corrected chi connectivity index (χ3v) is 5.00. The van der Waals surface area contributed by atoms with E-state index >= 15 is 0 Å². The number of H-pyrrole nitrogens is 1. The number of rotatable bonds is 4. The van der Waals surface area contributed by atoms with Crippen molar-refractivity contribution in [3.63, 3.8) is 0 Å². The Kier molecular flexibility index (Phi) is 4.28. The molecule has 1 aromatic carbocycles. The summed E-state index contributed by atoms with van der Waals surface area (Å²) in [6.07, 6.45) is 6.16. The summed E-state index contributed by atoms with van der Waals surface area (Å²) in [5.41, 5.74) is 3.02. The van der Waals surface area contributed by atoms with E-state index in [0.29, 0.717) is 11.7 Å². The maximum atomic E-state index is 11.7. The normalized spacial score (nSPS) is 18.5. The number of likely N-dealkylation sites (tertiary alicyclic amines) is 1. The van der Waals surface area contributed by atoms with Crippen LogP contribution in [0.4, 0.5) is 0 Å². The summed E-state index contributed by atoms with van der Waals surface area (Å²) in [6, 6.07) is 10.7. The molecule has 1 fully saturated rings. The lowest BCUT2D eigenvalue weighted by Gasteiger charge is -2.33. The number of nitrogens with zero attached hydrogens (tertiary/aromatic N) is 3. The van der Waals surface area contributed by atoms with E-state index in [-0.39, 0.29) is 5.91 Å². The summed E-state index contributed by atoms with van der Waals surface area (Å²) in [6.45, 7) is 2.99. The molecule has 1 atom stereocenters. The van der Waals surface area contributed by atoms with Gasteiger partial charge in [-0.2, -0.15) is 5.10 Å². The average Bonchev–Trinajstić information content (AvgIpc) is 3.31. The van der Waals surface area contributed by atoms with Crippen molar-refractivity contribution in [3.8, 4) is 0 Å². The van der Waals surface area contributed by atoms with Crippen LogP contribution in [0.15, 0.2) is 42.7 Å². The molecule has 3 aromatic rings. The lowest BCUT2D eigenvalue weighted by molar-refractivity contribution is 0.0955. The van der Waals surface area contributed by atoms with Crippen LogP contribution in [-0.4, -0.2) is 45.7 Å². The third kappa shape index (κ3) is 3.17. The molecular formula is C19H23N5O. The Bertz CT molecular complexity index is 881. The minimum atomic E-state index is -0.134. The van der Waals surface area contributed by atoms with Gasteiger partial charge in [0.05, 0.1) is 6.04 Å². The van der Waals surface area contributed by atoms with Gasteiger partial charge in [0.25, 0.3) is 5.91 Å². The highest BCUT2D eigenvalue weighted by Crippen LogP contribution is 2.25. The molecule has 0 saturated carbocycles. The molecule has 3 heterocycles. The van der Waals surface area contributed by atoms with Crippen LogP contribution in [0.1, 0.15) is 34.9 Å². The first-order valence-electron chi connectivity index (χ1n) is 8.79. The van der Waals surface area contributed by atoms with Gasteiger partial charge in [0, 0.05) is 43.4 Å². The molecule has 0 bridgehead atoms. The number of amides is 1. The molecule has 6 nitrogen and oxygen atoms in total. The second kappa shape index (κ2) is 6.72. The zero-order valence-corrected chi connectivity index (χ0v) is 14.4. The molecule has 1 aliphatic rings. The van der Waals surface area contributed by atoms with Crippen molar-refractivity contribution in [2.24, 2.45) is 0 Å².